The summed E-state index contributed by atoms with van der Waals surface area (Å²) in [5, 5.41) is 2.05. The molecule has 0 N–H and O–H groups in total. The number of thiophene rings is 1. The molecule has 2 aromatic rings. The number of aryl methyl sites for hydroxylation is 1. The van der Waals surface area contributed by atoms with Crippen LogP contribution in [0.25, 0.3) is 6.08 Å². The van der Waals surface area contributed by atoms with Gasteiger partial charge in [0.2, 0.25) is 5.91 Å². The van der Waals surface area contributed by atoms with Gasteiger partial charge in [0.1, 0.15) is 5.75 Å². The Bertz CT molecular complexity index is 661. The van der Waals surface area contributed by atoms with Gasteiger partial charge in [-0.15, -0.1) is 11.3 Å². The summed E-state index contributed by atoms with van der Waals surface area (Å²) in [5.74, 6) is 0.782. The molecule has 0 saturated carbocycles. The van der Waals surface area contributed by atoms with Crippen LogP contribution in [0.15, 0.2) is 41.8 Å². The van der Waals surface area contributed by atoms with E-state index in [2.05, 4.69) is 18.4 Å². The van der Waals surface area contributed by atoms with Crippen LogP contribution in [0.3, 0.4) is 0 Å². The SMILES string of the molecule is CCOc1ccccc1/C=C/C(=O)N(C)Cc1sccc1C. The van der Waals surface area contributed by atoms with Crippen LogP contribution in [0.2, 0.25) is 0 Å². The van der Waals surface area contributed by atoms with Crippen LogP contribution in [0.1, 0.15) is 22.9 Å². The van der Waals surface area contributed by atoms with Crippen LogP contribution >= 0.6 is 11.3 Å². The van der Waals surface area contributed by atoms with Crippen molar-refractivity contribution in [2.24, 2.45) is 0 Å². The van der Waals surface area contributed by atoms with Gasteiger partial charge in [0.15, 0.2) is 0 Å². The first-order valence-corrected chi connectivity index (χ1v) is 8.17. The normalized spacial score (nSPS) is 10.9. The minimum absolute atomic E-state index is 0.0147. The fraction of sp³-hybridized carbons (Fsp3) is 0.278. The molecule has 0 fully saturated rings. The molecule has 22 heavy (non-hydrogen) atoms. The molecule has 3 nitrogen and oxygen atoms in total. The van der Waals surface area contributed by atoms with E-state index in [9.17, 15) is 4.79 Å². The number of amides is 1. The second-order valence-corrected chi connectivity index (χ2v) is 6.03. The summed E-state index contributed by atoms with van der Waals surface area (Å²) < 4.78 is 5.56. The highest BCUT2D eigenvalue weighted by Crippen LogP contribution is 2.20. The number of hydrogen-bond acceptors (Lipinski definition) is 3. The van der Waals surface area contributed by atoms with Crippen molar-refractivity contribution in [3.8, 4) is 5.75 Å². The van der Waals surface area contributed by atoms with E-state index < -0.39 is 0 Å². The summed E-state index contributed by atoms with van der Waals surface area (Å²) >= 11 is 1.68. The predicted molar refractivity (Wildman–Crippen MR) is 92.2 cm³/mol. The van der Waals surface area contributed by atoms with Crippen molar-refractivity contribution in [2.45, 2.75) is 20.4 Å². The monoisotopic (exact) mass is 315 g/mol. The molecule has 0 bridgehead atoms. The first kappa shape index (κ1) is 16.3. The summed E-state index contributed by atoms with van der Waals surface area (Å²) in [7, 11) is 1.82. The van der Waals surface area contributed by atoms with Gasteiger partial charge in [-0.25, -0.2) is 0 Å². The van der Waals surface area contributed by atoms with E-state index >= 15 is 0 Å². The Labute approximate surface area is 135 Å². The second-order valence-electron chi connectivity index (χ2n) is 5.03. The smallest absolute Gasteiger partial charge is 0.246 e. The maximum Gasteiger partial charge on any atom is 0.246 e. The van der Waals surface area contributed by atoms with Gasteiger partial charge >= 0.3 is 0 Å². The van der Waals surface area contributed by atoms with Crippen LogP contribution in [-0.4, -0.2) is 24.5 Å². The number of carbonyl (C=O) groups excluding carboxylic acids is 1. The topological polar surface area (TPSA) is 29.5 Å². The van der Waals surface area contributed by atoms with Crippen molar-refractivity contribution in [2.75, 3.05) is 13.7 Å². The predicted octanol–water partition coefficient (Wildman–Crippen LogP) is 4.13. The minimum atomic E-state index is -0.0147. The largest absolute Gasteiger partial charge is 0.493 e. The van der Waals surface area contributed by atoms with Gasteiger partial charge in [-0.1, -0.05) is 18.2 Å². The Morgan fingerprint density at radius 1 is 1.32 bits per heavy atom. The molecule has 2 rings (SSSR count). The van der Waals surface area contributed by atoms with Crippen LogP contribution < -0.4 is 4.74 Å². The first-order chi connectivity index (χ1) is 10.6. The fourth-order valence-electron chi connectivity index (χ4n) is 2.05. The molecule has 0 atom stereocenters. The zero-order valence-corrected chi connectivity index (χ0v) is 14.0. The lowest BCUT2D eigenvalue weighted by Gasteiger charge is -2.14. The maximum atomic E-state index is 12.2. The highest BCUT2D eigenvalue weighted by atomic mass is 32.1. The Balaban J connectivity index is 2.03. The minimum Gasteiger partial charge on any atom is -0.493 e. The van der Waals surface area contributed by atoms with Crippen molar-refractivity contribution in [3.05, 3.63) is 57.8 Å². The number of carbonyl (C=O) groups is 1. The van der Waals surface area contributed by atoms with Gasteiger partial charge in [0.05, 0.1) is 13.2 Å². The molecule has 0 aliphatic rings. The van der Waals surface area contributed by atoms with Crippen molar-refractivity contribution < 1.29 is 9.53 Å². The third-order valence-corrected chi connectivity index (χ3v) is 4.36. The molecule has 0 saturated heterocycles. The van der Waals surface area contributed by atoms with Crippen molar-refractivity contribution >= 4 is 23.3 Å². The molecule has 116 valence electrons. The highest BCUT2D eigenvalue weighted by Gasteiger charge is 2.09. The zero-order valence-electron chi connectivity index (χ0n) is 13.2. The lowest BCUT2D eigenvalue weighted by molar-refractivity contribution is -0.125. The quantitative estimate of drug-likeness (QED) is 0.750. The summed E-state index contributed by atoms with van der Waals surface area (Å²) in [5.41, 5.74) is 2.15. The van der Waals surface area contributed by atoms with Gasteiger partial charge in [0.25, 0.3) is 0 Å². The third-order valence-electron chi connectivity index (χ3n) is 3.35. The molecule has 0 aliphatic carbocycles. The van der Waals surface area contributed by atoms with Crippen LogP contribution in [0, 0.1) is 6.92 Å². The molecule has 0 spiro atoms. The summed E-state index contributed by atoms with van der Waals surface area (Å²) in [6.45, 7) is 5.26. The molecular formula is C18H21NO2S. The van der Waals surface area contributed by atoms with Crippen LogP contribution in [-0.2, 0) is 11.3 Å². The standard InChI is InChI=1S/C18H21NO2S/c1-4-21-16-8-6-5-7-15(16)9-10-18(20)19(3)13-17-14(2)11-12-22-17/h5-12H,4,13H2,1-3H3/b10-9+. The Kier molecular flexibility index (Phi) is 5.78. The van der Waals surface area contributed by atoms with Crippen LogP contribution in [0.4, 0.5) is 0 Å². The Morgan fingerprint density at radius 3 is 2.77 bits per heavy atom. The van der Waals surface area contributed by atoms with Gasteiger partial charge in [-0.05, 0) is 43.0 Å². The van der Waals surface area contributed by atoms with Crippen molar-refractivity contribution in [1.82, 2.24) is 4.90 Å². The third kappa shape index (κ3) is 4.21. The van der Waals surface area contributed by atoms with Gasteiger partial charge in [-0.3, -0.25) is 4.79 Å². The molecule has 0 radical (unpaired) electrons. The zero-order chi connectivity index (χ0) is 15.9. The first-order valence-electron chi connectivity index (χ1n) is 7.29. The van der Waals surface area contributed by atoms with E-state index in [4.69, 9.17) is 4.74 Å². The molecule has 1 heterocycles. The lowest BCUT2D eigenvalue weighted by Crippen LogP contribution is -2.23. The van der Waals surface area contributed by atoms with E-state index in [1.807, 2.05) is 44.3 Å². The highest BCUT2D eigenvalue weighted by molar-refractivity contribution is 7.10. The van der Waals surface area contributed by atoms with Gasteiger partial charge in [-0.2, -0.15) is 0 Å². The molecule has 4 heteroatoms. The van der Waals surface area contributed by atoms with Crippen LogP contribution in [0.5, 0.6) is 5.75 Å². The average Bonchev–Trinajstić information content (AvgIpc) is 2.91. The number of rotatable bonds is 6. The number of nitrogens with zero attached hydrogens (tertiary/aromatic N) is 1. The Hall–Kier alpha value is -2.07. The van der Waals surface area contributed by atoms with Gasteiger partial charge < -0.3 is 9.64 Å². The summed E-state index contributed by atoms with van der Waals surface area (Å²) in [6.07, 6.45) is 3.41. The average molecular weight is 315 g/mol. The maximum absolute atomic E-state index is 12.2. The van der Waals surface area contributed by atoms with E-state index in [-0.39, 0.29) is 5.91 Å². The molecule has 1 aromatic heterocycles. The number of benzene rings is 1. The summed E-state index contributed by atoms with van der Waals surface area (Å²) in [6, 6.07) is 9.79. The fourth-order valence-corrected chi connectivity index (χ4v) is 3.01. The summed E-state index contributed by atoms with van der Waals surface area (Å²) in [4.78, 5) is 15.2. The van der Waals surface area contributed by atoms with Crippen molar-refractivity contribution in [1.29, 1.82) is 0 Å². The molecule has 1 amide bonds. The number of para-hydroxylation sites is 1. The van der Waals surface area contributed by atoms with Gasteiger partial charge in [0, 0.05) is 23.6 Å². The molecule has 0 aliphatic heterocycles. The lowest BCUT2D eigenvalue weighted by atomic mass is 10.2. The van der Waals surface area contributed by atoms with E-state index in [0.29, 0.717) is 13.2 Å². The Morgan fingerprint density at radius 2 is 2.09 bits per heavy atom. The number of ether oxygens (including phenoxy) is 1. The second kappa shape index (κ2) is 7.80. The number of hydrogen-bond donors (Lipinski definition) is 0. The van der Waals surface area contributed by atoms with E-state index in [1.54, 1.807) is 22.3 Å². The molecule has 0 unspecified atom stereocenters. The van der Waals surface area contributed by atoms with Crippen molar-refractivity contribution in [3.63, 3.8) is 0 Å². The molecule has 1 aromatic carbocycles. The molecular weight excluding hydrogens is 294 g/mol. The van der Waals surface area contributed by atoms with E-state index in [1.165, 1.54) is 10.4 Å². The van der Waals surface area contributed by atoms with E-state index in [0.717, 1.165) is 11.3 Å². The number of likely N-dealkylation sites (N-methyl/N-ethyl adjacent to an activating group) is 1.